The van der Waals surface area contributed by atoms with Crippen LogP contribution in [0.2, 0.25) is 0 Å². The van der Waals surface area contributed by atoms with Crippen molar-refractivity contribution in [2.45, 2.75) is 58.5 Å². The molecule has 1 atom stereocenters. The van der Waals surface area contributed by atoms with E-state index in [2.05, 4.69) is 13.5 Å². The molecule has 0 saturated carbocycles. The zero-order chi connectivity index (χ0) is 10.8. The van der Waals surface area contributed by atoms with E-state index in [1.165, 1.54) is 19.3 Å². The predicted octanol–water partition coefficient (Wildman–Crippen LogP) is 3.46. The van der Waals surface area contributed by atoms with E-state index in [-0.39, 0.29) is 12.1 Å². The highest BCUT2D eigenvalue weighted by molar-refractivity contribution is 5.71. The van der Waals surface area contributed by atoms with E-state index in [1.54, 1.807) is 6.08 Å². The Morgan fingerprint density at radius 3 is 2.71 bits per heavy atom. The summed E-state index contributed by atoms with van der Waals surface area (Å²) in [5.41, 5.74) is 0. The van der Waals surface area contributed by atoms with Crippen molar-refractivity contribution in [2.75, 3.05) is 0 Å². The van der Waals surface area contributed by atoms with Crippen LogP contribution >= 0.6 is 0 Å². The van der Waals surface area contributed by atoms with Gasteiger partial charge in [0.2, 0.25) is 0 Å². The van der Waals surface area contributed by atoms with E-state index in [4.69, 9.17) is 4.74 Å². The quantitative estimate of drug-likeness (QED) is 0.339. The summed E-state index contributed by atoms with van der Waals surface area (Å²) < 4.78 is 5.16. The van der Waals surface area contributed by atoms with Crippen LogP contribution in [-0.2, 0) is 9.53 Å². The molecular formula is C12H22O2. The maximum atomic E-state index is 11.0. The SMILES string of the molecule is C=CCC(=O)OC(C)CCCCCC. The smallest absolute Gasteiger partial charge is 0.309 e. The summed E-state index contributed by atoms with van der Waals surface area (Å²) in [4.78, 5) is 11.0. The van der Waals surface area contributed by atoms with Crippen molar-refractivity contribution in [3.63, 3.8) is 0 Å². The number of hydrogen-bond donors (Lipinski definition) is 0. The summed E-state index contributed by atoms with van der Waals surface area (Å²) in [5, 5.41) is 0. The highest BCUT2D eigenvalue weighted by atomic mass is 16.5. The standard InChI is InChI=1S/C12H22O2/c1-4-6-7-8-10-11(3)14-12(13)9-5-2/h5,11H,2,4,6-10H2,1,3H3. The van der Waals surface area contributed by atoms with Gasteiger partial charge in [0.15, 0.2) is 0 Å². The van der Waals surface area contributed by atoms with E-state index in [9.17, 15) is 4.79 Å². The molecule has 0 aromatic carbocycles. The van der Waals surface area contributed by atoms with Gasteiger partial charge in [0.25, 0.3) is 0 Å². The van der Waals surface area contributed by atoms with Crippen molar-refractivity contribution >= 4 is 5.97 Å². The van der Waals surface area contributed by atoms with Crippen LogP contribution in [0.1, 0.15) is 52.4 Å². The van der Waals surface area contributed by atoms with Gasteiger partial charge in [-0.05, 0) is 19.8 Å². The van der Waals surface area contributed by atoms with Crippen LogP contribution in [0.25, 0.3) is 0 Å². The third-order valence-corrected chi connectivity index (χ3v) is 2.11. The van der Waals surface area contributed by atoms with Crippen LogP contribution in [0.3, 0.4) is 0 Å². The third kappa shape index (κ3) is 7.84. The Hall–Kier alpha value is -0.790. The average Bonchev–Trinajstić information content (AvgIpc) is 2.13. The van der Waals surface area contributed by atoms with Gasteiger partial charge in [-0.1, -0.05) is 32.3 Å². The predicted molar refractivity (Wildman–Crippen MR) is 59.1 cm³/mol. The summed E-state index contributed by atoms with van der Waals surface area (Å²) >= 11 is 0. The van der Waals surface area contributed by atoms with Crippen LogP contribution < -0.4 is 0 Å². The lowest BCUT2D eigenvalue weighted by atomic mass is 10.1. The van der Waals surface area contributed by atoms with Gasteiger partial charge in [-0.25, -0.2) is 0 Å². The molecule has 82 valence electrons. The Morgan fingerprint density at radius 2 is 2.14 bits per heavy atom. The van der Waals surface area contributed by atoms with E-state index in [0.717, 1.165) is 12.8 Å². The molecule has 0 aliphatic heterocycles. The topological polar surface area (TPSA) is 26.3 Å². The van der Waals surface area contributed by atoms with Gasteiger partial charge < -0.3 is 4.74 Å². The molecule has 0 fully saturated rings. The van der Waals surface area contributed by atoms with Crippen LogP contribution in [0, 0.1) is 0 Å². The van der Waals surface area contributed by atoms with Crippen molar-refractivity contribution < 1.29 is 9.53 Å². The molecule has 1 unspecified atom stereocenters. The van der Waals surface area contributed by atoms with Crippen molar-refractivity contribution in [1.82, 2.24) is 0 Å². The molecule has 0 aromatic rings. The van der Waals surface area contributed by atoms with Crippen LogP contribution in [0.4, 0.5) is 0 Å². The Bertz CT molecular complexity index is 164. The minimum atomic E-state index is -0.164. The Morgan fingerprint density at radius 1 is 1.43 bits per heavy atom. The molecule has 0 rings (SSSR count). The molecule has 0 N–H and O–H groups in total. The fraction of sp³-hybridized carbons (Fsp3) is 0.750. The molecule has 0 amide bonds. The minimum absolute atomic E-state index is 0.0549. The molecular weight excluding hydrogens is 176 g/mol. The molecule has 2 heteroatoms. The van der Waals surface area contributed by atoms with E-state index in [1.807, 2.05) is 6.92 Å². The molecule has 0 saturated heterocycles. The maximum absolute atomic E-state index is 11.0. The van der Waals surface area contributed by atoms with Crippen molar-refractivity contribution in [2.24, 2.45) is 0 Å². The number of carbonyl (C=O) groups is 1. The third-order valence-electron chi connectivity index (χ3n) is 2.11. The summed E-state index contributed by atoms with van der Waals surface area (Å²) in [5.74, 6) is -0.164. The maximum Gasteiger partial charge on any atom is 0.309 e. The fourth-order valence-electron chi connectivity index (χ4n) is 1.31. The Labute approximate surface area is 87.3 Å². The van der Waals surface area contributed by atoms with E-state index < -0.39 is 0 Å². The van der Waals surface area contributed by atoms with Gasteiger partial charge in [-0.15, -0.1) is 6.58 Å². The van der Waals surface area contributed by atoms with E-state index in [0.29, 0.717) is 6.42 Å². The van der Waals surface area contributed by atoms with Crippen LogP contribution in [0.5, 0.6) is 0 Å². The number of ether oxygens (including phenoxy) is 1. The first-order chi connectivity index (χ1) is 6.70. The lowest BCUT2D eigenvalue weighted by molar-refractivity contribution is -0.147. The normalized spacial score (nSPS) is 12.1. The van der Waals surface area contributed by atoms with Gasteiger partial charge in [-0.2, -0.15) is 0 Å². The number of hydrogen-bond acceptors (Lipinski definition) is 2. The Balaban J connectivity index is 3.39. The first-order valence-corrected chi connectivity index (χ1v) is 5.51. The van der Waals surface area contributed by atoms with Gasteiger partial charge >= 0.3 is 5.97 Å². The first-order valence-electron chi connectivity index (χ1n) is 5.51. The summed E-state index contributed by atoms with van der Waals surface area (Å²) in [6.45, 7) is 7.63. The molecule has 0 aromatic heterocycles. The fourth-order valence-corrected chi connectivity index (χ4v) is 1.31. The number of rotatable bonds is 8. The second kappa shape index (κ2) is 8.79. The largest absolute Gasteiger partial charge is 0.462 e. The monoisotopic (exact) mass is 198 g/mol. The zero-order valence-corrected chi connectivity index (χ0v) is 9.42. The minimum Gasteiger partial charge on any atom is -0.462 e. The number of unbranched alkanes of at least 4 members (excludes halogenated alkanes) is 3. The van der Waals surface area contributed by atoms with Crippen molar-refractivity contribution in [1.29, 1.82) is 0 Å². The number of carbonyl (C=O) groups excluding carboxylic acids is 1. The summed E-state index contributed by atoms with van der Waals surface area (Å²) in [6.07, 6.45) is 7.82. The van der Waals surface area contributed by atoms with Crippen molar-refractivity contribution in [3.8, 4) is 0 Å². The van der Waals surface area contributed by atoms with Gasteiger partial charge in [0.1, 0.15) is 0 Å². The Kier molecular flexibility index (Phi) is 8.30. The zero-order valence-electron chi connectivity index (χ0n) is 9.42. The molecule has 0 aliphatic carbocycles. The average molecular weight is 198 g/mol. The molecule has 0 aliphatic rings. The molecule has 0 spiro atoms. The van der Waals surface area contributed by atoms with Crippen LogP contribution in [0.15, 0.2) is 12.7 Å². The lowest BCUT2D eigenvalue weighted by Gasteiger charge is -2.12. The molecule has 0 radical (unpaired) electrons. The van der Waals surface area contributed by atoms with Crippen molar-refractivity contribution in [3.05, 3.63) is 12.7 Å². The van der Waals surface area contributed by atoms with E-state index >= 15 is 0 Å². The molecule has 14 heavy (non-hydrogen) atoms. The number of esters is 1. The summed E-state index contributed by atoms with van der Waals surface area (Å²) in [7, 11) is 0. The first kappa shape index (κ1) is 13.2. The second-order valence-electron chi connectivity index (χ2n) is 3.64. The summed E-state index contributed by atoms with van der Waals surface area (Å²) in [6, 6.07) is 0. The lowest BCUT2D eigenvalue weighted by Crippen LogP contribution is -2.13. The molecule has 0 heterocycles. The highest BCUT2D eigenvalue weighted by Gasteiger charge is 2.06. The van der Waals surface area contributed by atoms with Crippen LogP contribution in [-0.4, -0.2) is 12.1 Å². The van der Waals surface area contributed by atoms with Gasteiger partial charge in [0.05, 0.1) is 12.5 Å². The highest BCUT2D eigenvalue weighted by Crippen LogP contribution is 2.08. The molecule has 2 nitrogen and oxygen atoms in total. The van der Waals surface area contributed by atoms with Gasteiger partial charge in [0, 0.05) is 0 Å². The van der Waals surface area contributed by atoms with Gasteiger partial charge in [-0.3, -0.25) is 4.79 Å². The molecule has 0 bridgehead atoms. The second-order valence-corrected chi connectivity index (χ2v) is 3.64.